The Morgan fingerprint density at radius 2 is 1.58 bits per heavy atom. The second kappa shape index (κ2) is 6.48. The molecule has 104 valence electrons. The fraction of sp³-hybridized carbons (Fsp3) is 0.467. The summed E-state index contributed by atoms with van der Waals surface area (Å²) >= 11 is 0. The van der Waals surface area contributed by atoms with Crippen molar-refractivity contribution in [3.05, 3.63) is 35.4 Å². The van der Waals surface area contributed by atoms with E-state index in [-0.39, 0.29) is 5.78 Å². The van der Waals surface area contributed by atoms with E-state index in [4.69, 9.17) is 9.78 Å². The number of carbonyl (C=O) groups excluding carboxylic acids is 2. The lowest BCUT2D eigenvalue weighted by Gasteiger charge is -2.16. The number of carbonyl (C=O) groups is 2. The molecule has 0 atom stereocenters. The molecule has 0 radical (unpaired) electrons. The Hall–Kier alpha value is -1.68. The molecule has 4 heteroatoms. The molecule has 0 heterocycles. The number of hydrogen-bond acceptors (Lipinski definition) is 4. The van der Waals surface area contributed by atoms with Gasteiger partial charge in [-0.3, -0.25) is 9.68 Å². The van der Waals surface area contributed by atoms with Crippen molar-refractivity contribution in [3.8, 4) is 0 Å². The van der Waals surface area contributed by atoms with E-state index in [9.17, 15) is 9.59 Å². The standard InChI is InChI=1S/C15H20O4/c1-5-6-13(16)11-7-9-12(10-8-11)14(17)18-19-15(2,3)4/h7-10H,5-6H2,1-4H3. The molecule has 1 aromatic carbocycles. The van der Waals surface area contributed by atoms with Crippen LogP contribution in [0.4, 0.5) is 0 Å². The predicted octanol–water partition coefficient (Wildman–Crippen LogP) is 3.56. The van der Waals surface area contributed by atoms with E-state index in [1.807, 2.05) is 6.92 Å². The van der Waals surface area contributed by atoms with Gasteiger partial charge in [0.05, 0.1) is 5.56 Å². The second-order valence-electron chi connectivity index (χ2n) is 5.32. The quantitative estimate of drug-likeness (QED) is 0.463. The summed E-state index contributed by atoms with van der Waals surface area (Å²) in [5.74, 6) is -0.488. The minimum atomic E-state index is -0.565. The maximum Gasteiger partial charge on any atom is 0.373 e. The molecular formula is C15H20O4. The Morgan fingerprint density at radius 3 is 2.05 bits per heavy atom. The number of rotatable bonds is 5. The smallest absolute Gasteiger partial charge is 0.294 e. The van der Waals surface area contributed by atoms with Crippen molar-refractivity contribution in [2.24, 2.45) is 0 Å². The topological polar surface area (TPSA) is 52.6 Å². The van der Waals surface area contributed by atoms with Crippen LogP contribution in [0.1, 0.15) is 61.3 Å². The molecule has 0 unspecified atom stereocenters. The molecule has 0 saturated heterocycles. The van der Waals surface area contributed by atoms with Gasteiger partial charge in [-0.1, -0.05) is 19.1 Å². The SMILES string of the molecule is CCCC(=O)c1ccc(C(=O)OOC(C)(C)C)cc1. The fourth-order valence-electron chi connectivity index (χ4n) is 1.37. The Labute approximate surface area is 113 Å². The van der Waals surface area contributed by atoms with Gasteiger partial charge in [0.1, 0.15) is 5.60 Å². The van der Waals surface area contributed by atoms with Crippen LogP contribution in [0.2, 0.25) is 0 Å². The van der Waals surface area contributed by atoms with Crippen LogP contribution in [0.25, 0.3) is 0 Å². The maximum absolute atomic E-state index is 11.7. The Morgan fingerprint density at radius 1 is 1.05 bits per heavy atom. The van der Waals surface area contributed by atoms with E-state index in [1.54, 1.807) is 45.0 Å². The molecule has 0 aliphatic heterocycles. The van der Waals surface area contributed by atoms with Crippen LogP contribution < -0.4 is 0 Å². The van der Waals surface area contributed by atoms with Gasteiger partial charge in [-0.15, -0.1) is 0 Å². The van der Waals surface area contributed by atoms with Crippen molar-refractivity contribution < 1.29 is 19.4 Å². The third-order valence-corrected chi connectivity index (χ3v) is 2.29. The molecule has 0 saturated carbocycles. The highest BCUT2D eigenvalue weighted by Gasteiger charge is 2.16. The summed E-state index contributed by atoms with van der Waals surface area (Å²) in [5.41, 5.74) is 0.416. The number of hydrogen-bond donors (Lipinski definition) is 0. The number of Topliss-reactive ketones (excluding diaryl/α,β-unsaturated/α-hetero) is 1. The monoisotopic (exact) mass is 264 g/mol. The first-order valence-electron chi connectivity index (χ1n) is 6.37. The largest absolute Gasteiger partial charge is 0.373 e. The molecule has 0 aromatic heterocycles. The van der Waals surface area contributed by atoms with Gasteiger partial charge in [-0.2, -0.15) is 4.89 Å². The summed E-state index contributed by atoms with van der Waals surface area (Å²) < 4.78 is 0. The van der Waals surface area contributed by atoms with Crippen molar-refractivity contribution in [1.82, 2.24) is 0 Å². The van der Waals surface area contributed by atoms with Gasteiger partial charge in [-0.05, 0) is 39.3 Å². The summed E-state index contributed by atoms with van der Waals surface area (Å²) in [6.07, 6.45) is 1.32. The fourth-order valence-corrected chi connectivity index (χ4v) is 1.37. The normalized spacial score (nSPS) is 11.2. The van der Waals surface area contributed by atoms with Crippen LogP contribution in [-0.4, -0.2) is 17.4 Å². The highest BCUT2D eigenvalue weighted by Crippen LogP contribution is 2.12. The van der Waals surface area contributed by atoms with E-state index in [1.165, 1.54) is 0 Å². The van der Waals surface area contributed by atoms with E-state index in [0.717, 1.165) is 6.42 Å². The third kappa shape index (κ3) is 5.22. The maximum atomic E-state index is 11.7. The third-order valence-electron chi connectivity index (χ3n) is 2.29. The minimum absolute atomic E-state index is 0.0772. The van der Waals surface area contributed by atoms with E-state index in [2.05, 4.69) is 0 Å². The first-order chi connectivity index (χ1) is 8.83. The Balaban J connectivity index is 2.66. The Bertz CT molecular complexity index is 440. The van der Waals surface area contributed by atoms with Gasteiger partial charge < -0.3 is 0 Å². The zero-order valence-electron chi connectivity index (χ0n) is 11.9. The highest BCUT2D eigenvalue weighted by molar-refractivity contribution is 5.97. The molecule has 0 N–H and O–H groups in total. The van der Waals surface area contributed by atoms with Crippen LogP contribution in [0.15, 0.2) is 24.3 Å². The Kier molecular flexibility index (Phi) is 5.24. The zero-order chi connectivity index (χ0) is 14.5. The zero-order valence-corrected chi connectivity index (χ0v) is 11.9. The number of ketones is 1. The first-order valence-corrected chi connectivity index (χ1v) is 6.37. The van der Waals surface area contributed by atoms with Crippen molar-refractivity contribution in [2.75, 3.05) is 0 Å². The molecule has 0 fully saturated rings. The van der Waals surface area contributed by atoms with Crippen LogP contribution in [0.3, 0.4) is 0 Å². The molecule has 0 amide bonds. The van der Waals surface area contributed by atoms with Crippen LogP contribution in [-0.2, 0) is 9.78 Å². The number of benzene rings is 1. The van der Waals surface area contributed by atoms with Gasteiger partial charge in [0.25, 0.3) is 0 Å². The summed E-state index contributed by atoms with van der Waals surface area (Å²) in [7, 11) is 0. The molecule has 0 aliphatic rings. The molecule has 4 nitrogen and oxygen atoms in total. The van der Waals surface area contributed by atoms with Gasteiger partial charge in [0.2, 0.25) is 0 Å². The average molecular weight is 264 g/mol. The first kappa shape index (κ1) is 15.4. The van der Waals surface area contributed by atoms with Crippen molar-refractivity contribution in [2.45, 2.75) is 46.1 Å². The van der Waals surface area contributed by atoms with Crippen LogP contribution >= 0.6 is 0 Å². The van der Waals surface area contributed by atoms with E-state index >= 15 is 0 Å². The van der Waals surface area contributed by atoms with Gasteiger partial charge in [-0.25, -0.2) is 4.79 Å². The van der Waals surface area contributed by atoms with Crippen LogP contribution in [0.5, 0.6) is 0 Å². The molecule has 0 bridgehead atoms. The summed E-state index contributed by atoms with van der Waals surface area (Å²) in [6, 6.07) is 6.39. The summed E-state index contributed by atoms with van der Waals surface area (Å²) in [6.45, 7) is 7.31. The van der Waals surface area contributed by atoms with E-state index in [0.29, 0.717) is 17.5 Å². The van der Waals surface area contributed by atoms with E-state index < -0.39 is 11.6 Å². The molecule has 1 aromatic rings. The highest BCUT2D eigenvalue weighted by atomic mass is 17.2. The van der Waals surface area contributed by atoms with Crippen molar-refractivity contribution >= 4 is 11.8 Å². The molecular weight excluding hydrogens is 244 g/mol. The van der Waals surface area contributed by atoms with Crippen LogP contribution in [0, 0.1) is 0 Å². The van der Waals surface area contributed by atoms with Gasteiger partial charge in [0.15, 0.2) is 5.78 Å². The molecule has 0 spiro atoms. The van der Waals surface area contributed by atoms with Gasteiger partial charge >= 0.3 is 5.97 Å². The molecule has 19 heavy (non-hydrogen) atoms. The lowest BCUT2D eigenvalue weighted by atomic mass is 10.1. The summed E-state index contributed by atoms with van der Waals surface area (Å²) in [5, 5.41) is 0. The van der Waals surface area contributed by atoms with Crippen molar-refractivity contribution in [1.29, 1.82) is 0 Å². The van der Waals surface area contributed by atoms with Crippen molar-refractivity contribution in [3.63, 3.8) is 0 Å². The second-order valence-corrected chi connectivity index (χ2v) is 5.32. The van der Waals surface area contributed by atoms with Gasteiger partial charge in [0, 0.05) is 12.0 Å². The average Bonchev–Trinajstić information content (AvgIpc) is 2.35. The molecule has 0 aliphatic carbocycles. The lowest BCUT2D eigenvalue weighted by molar-refractivity contribution is -0.301. The lowest BCUT2D eigenvalue weighted by Crippen LogP contribution is -2.21. The predicted molar refractivity (Wildman–Crippen MR) is 71.9 cm³/mol. The summed E-state index contributed by atoms with van der Waals surface area (Å²) in [4.78, 5) is 33.0. The minimum Gasteiger partial charge on any atom is -0.294 e. The molecule has 1 rings (SSSR count).